The van der Waals surface area contributed by atoms with Gasteiger partial charge in [0.15, 0.2) is 0 Å². The molecule has 0 amide bonds. The van der Waals surface area contributed by atoms with E-state index in [-0.39, 0.29) is 0 Å². The molecule has 0 bridgehead atoms. The molecule has 1 aliphatic carbocycles. The summed E-state index contributed by atoms with van der Waals surface area (Å²) >= 11 is 3.61. The summed E-state index contributed by atoms with van der Waals surface area (Å²) in [4.78, 5) is 0. The number of hydrogen-bond donors (Lipinski definition) is 1. The molecule has 1 heterocycles. The van der Waals surface area contributed by atoms with Crippen molar-refractivity contribution in [2.24, 2.45) is 5.92 Å². The van der Waals surface area contributed by atoms with Crippen molar-refractivity contribution in [1.29, 1.82) is 0 Å². The molecular formula is C20H20BrN. The smallest absolute Gasteiger partial charge is 0.0553 e. The molecule has 0 spiro atoms. The molecule has 0 radical (unpaired) electrons. The van der Waals surface area contributed by atoms with E-state index in [0.29, 0.717) is 17.9 Å². The maximum Gasteiger partial charge on any atom is 0.0553 e. The van der Waals surface area contributed by atoms with Gasteiger partial charge in [0.1, 0.15) is 0 Å². The van der Waals surface area contributed by atoms with Gasteiger partial charge in [0.25, 0.3) is 0 Å². The Bertz CT molecular complexity index is 717. The Morgan fingerprint density at radius 1 is 1.14 bits per heavy atom. The number of aryl methyl sites for hydroxylation is 1. The minimum Gasteiger partial charge on any atom is -0.378 e. The molecule has 112 valence electrons. The third-order valence-electron chi connectivity index (χ3n) is 5.07. The Morgan fingerprint density at radius 2 is 1.95 bits per heavy atom. The second-order valence-corrected chi connectivity index (χ2v) is 7.22. The highest BCUT2D eigenvalue weighted by atomic mass is 79.9. The molecular weight excluding hydrogens is 334 g/mol. The van der Waals surface area contributed by atoms with Gasteiger partial charge < -0.3 is 5.32 Å². The fourth-order valence-electron chi connectivity index (χ4n) is 3.86. The van der Waals surface area contributed by atoms with Crippen molar-refractivity contribution in [1.82, 2.24) is 0 Å². The third-order valence-corrected chi connectivity index (χ3v) is 5.57. The average molecular weight is 354 g/mol. The highest BCUT2D eigenvalue weighted by molar-refractivity contribution is 9.10. The van der Waals surface area contributed by atoms with E-state index in [1.54, 1.807) is 0 Å². The first-order chi connectivity index (χ1) is 10.8. The monoisotopic (exact) mass is 353 g/mol. The van der Waals surface area contributed by atoms with E-state index in [9.17, 15) is 0 Å². The van der Waals surface area contributed by atoms with Gasteiger partial charge in [0.2, 0.25) is 0 Å². The minimum absolute atomic E-state index is 0.402. The zero-order chi connectivity index (χ0) is 15.1. The predicted octanol–water partition coefficient (Wildman–Crippen LogP) is 5.84. The first-order valence-corrected chi connectivity index (χ1v) is 8.87. The van der Waals surface area contributed by atoms with Gasteiger partial charge in [0, 0.05) is 16.1 Å². The first kappa shape index (κ1) is 14.1. The summed E-state index contributed by atoms with van der Waals surface area (Å²) in [5.41, 5.74) is 5.52. The number of anilines is 1. The first-order valence-electron chi connectivity index (χ1n) is 8.07. The van der Waals surface area contributed by atoms with Crippen LogP contribution in [0.3, 0.4) is 0 Å². The van der Waals surface area contributed by atoms with Gasteiger partial charge in [-0.05, 0) is 53.6 Å². The number of benzene rings is 2. The van der Waals surface area contributed by atoms with E-state index in [0.717, 1.165) is 17.3 Å². The maximum absolute atomic E-state index is 3.79. The van der Waals surface area contributed by atoms with E-state index < -0.39 is 0 Å². The lowest BCUT2D eigenvalue weighted by Crippen LogP contribution is -2.29. The average Bonchev–Trinajstić information content (AvgIpc) is 3.04. The summed E-state index contributed by atoms with van der Waals surface area (Å²) in [7, 11) is 0. The number of fused-ring (bicyclic) bond motifs is 3. The van der Waals surface area contributed by atoms with Crippen molar-refractivity contribution in [2.45, 2.75) is 31.7 Å². The third kappa shape index (κ3) is 2.30. The van der Waals surface area contributed by atoms with Gasteiger partial charge in [-0.25, -0.2) is 0 Å². The van der Waals surface area contributed by atoms with Gasteiger partial charge in [0.05, 0.1) is 6.04 Å². The van der Waals surface area contributed by atoms with Crippen molar-refractivity contribution in [3.63, 3.8) is 0 Å². The van der Waals surface area contributed by atoms with Crippen LogP contribution in [0.15, 0.2) is 59.1 Å². The largest absolute Gasteiger partial charge is 0.378 e. The van der Waals surface area contributed by atoms with Crippen LogP contribution < -0.4 is 5.32 Å². The minimum atomic E-state index is 0.402. The Labute approximate surface area is 140 Å². The number of rotatable bonds is 2. The molecule has 0 unspecified atom stereocenters. The summed E-state index contributed by atoms with van der Waals surface area (Å²) in [6.07, 6.45) is 7.00. The zero-order valence-electron chi connectivity index (χ0n) is 12.7. The second-order valence-electron chi connectivity index (χ2n) is 6.30. The van der Waals surface area contributed by atoms with E-state index in [2.05, 4.69) is 82.8 Å². The van der Waals surface area contributed by atoms with E-state index in [1.807, 2.05) is 0 Å². The summed E-state index contributed by atoms with van der Waals surface area (Å²) in [6.45, 7) is 2.21. The highest BCUT2D eigenvalue weighted by Gasteiger charge is 2.37. The van der Waals surface area contributed by atoms with Crippen LogP contribution in [-0.4, -0.2) is 0 Å². The number of halogens is 1. The maximum atomic E-state index is 3.79. The van der Waals surface area contributed by atoms with Crippen LogP contribution >= 0.6 is 15.9 Å². The Balaban J connectivity index is 1.74. The second kappa shape index (κ2) is 5.58. The molecule has 0 fully saturated rings. The van der Waals surface area contributed by atoms with Crippen LogP contribution in [-0.2, 0) is 6.42 Å². The molecule has 0 saturated heterocycles. The quantitative estimate of drug-likeness (QED) is 0.668. The van der Waals surface area contributed by atoms with Crippen LogP contribution in [0, 0.1) is 5.92 Å². The van der Waals surface area contributed by atoms with Crippen molar-refractivity contribution >= 4 is 21.6 Å². The van der Waals surface area contributed by atoms with Gasteiger partial charge >= 0.3 is 0 Å². The molecule has 0 aromatic heterocycles. The Hall–Kier alpha value is -1.54. The highest BCUT2D eigenvalue weighted by Crippen LogP contribution is 2.50. The molecule has 4 rings (SSSR count). The molecule has 2 aromatic carbocycles. The zero-order valence-corrected chi connectivity index (χ0v) is 14.3. The topological polar surface area (TPSA) is 12.0 Å². The Morgan fingerprint density at radius 3 is 2.73 bits per heavy atom. The SMILES string of the molecule is CCc1ccc([C@@H]2Nc3ccc(Br)cc3[C@H]3C=CC[C@@H]32)cc1. The molecule has 1 aliphatic heterocycles. The number of nitrogens with one attached hydrogen (secondary N) is 1. The summed E-state index contributed by atoms with van der Waals surface area (Å²) < 4.78 is 1.16. The van der Waals surface area contributed by atoms with Crippen LogP contribution in [0.5, 0.6) is 0 Å². The lowest BCUT2D eigenvalue weighted by Gasteiger charge is -2.37. The summed E-state index contributed by atoms with van der Waals surface area (Å²) in [6, 6.07) is 16.1. The molecule has 2 aromatic rings. The molecule has 2 heteroatoms. The van der Waals surface area contributed by atoms with Crippen molar-refractivity contribution < 1.29 is 0 Å². The lowest BCUT2D eigenvalue weighted by atomic mass is 9.77. The summed E-state index contributed by atoms with van der Waals surface area (Å²) in [5.74, 6) is 1.15. The van der Waals surface area contributed by atoms with Crippen molar-refractivity contribution in [3.8, 4) is 0 Å². The fourth-order valence-corrected chi connectivity index (χ4v) is 4.23. The molecule has 1 N–H and O–H groups in total. The fraction of sp³-hybridized carbons (Fsp3) is 0.300. The van der Waals surface area contributed by atoms with Crippen LogP contribution in [0.25, 0.3) is 0 Å². The number of allylic oxidation sites excluding steroid dienone is 2. The van der Waals surface area contributed by atoms with Gasteiger partial charge in [-0.2, -0.15) is 0 Å². The predicted molar refractivity (Wildman–Crippen MR) is 96.3 cm³/mol. The van der Waals surface area contributed by atoms with Crippen molar-refractivity contribution in [3.05, 3.63) is 75.8 Å². The van der Waals surface area contributed by atoms with Crippen LogP contribution in [0.2, 0.25) is 0 Å². The van der Waals surface area contributed by atoms with Crippen molar-refractivity contribution in [2.75, 3.05) is 5.32 Å². The molecule has 22 heavy (non-hydrogen) atoms. The van der Waals surface area contributed by atoms with Gasteiger partial charge in [-0.1, -0.05) is 59.3 Å². The van der Waals surface area contributed by atoms with E-state index in [1.165, 1.54) is 22.4 Å². The standard InChI is InChI=1S/C20H20BrN/c1-2-13-6-8-14(9-7-13)20-17-5-3-4-16(17)18-12-15(21)10-11-19(18)22-20/h3-4,6-12,16-17,20,22H,2,5H2,1H3/t16-,17-,20-/m0/s1. The molecule has 2 aliphatic rings. The van der Waals surface area contributed by atoms with Crippen LogP contribution in [0.4, 0.5) is 5.69 Å². The normalized spacial score (nSPS) is 25.5. The number of hydrogen-bond acceptors (Lipinski definition) is 1. The van der Waals surface area contributed by atoms with E-state index >= 15 is 0 Å². The Kier molecular flexibility index (Phi) is 3.57. The molecule has 3 atom stereocenters. The van der Waals surface area contributed by atoms with Gasteiger partial charge in [-0.15, -0.1) is 0 Å². The molecule has 0 saturated carbocycles. The van der Waals surface area contributed by atoms with E-state index in [4.69, 9.17) is 0 Å². The molecule has 1 nitrogen and oxygen atoms in total. The van der Waals surface area contributed by atoms with Crippen LogP contribution in [0.1, 0.15) is 42.0 Å². The lowest BCUT2D eigenvalue weighted by molar-refractivity contribution is 0.425. The van der Waals surface area contributed by atoms with Gasteiger partial charge in [-0.3, -0.25) is 0 Å². The summed E-state index contributed by atoms with van der Waals surface area (Å²) in [5, 5.41) is 3.79.